The van der Waals surface area contributed by atoms with Crippen LogP contribution in [0.3, 0.4) is 0 Å². The lowest BCUT2D eigenvalue weighted by Crippen LogP contribution is -2.37. The van der Waals surface area contributed by atoms with Gasteiger partial charge in [0.1, 0.15) is 5.76 Å². The second-order valence-corrected chi connectivity index (χ2v) is 4.46. The SMILES string of the molecule is NC(Cc1ccco1)C1Cc2ccccc21. The summed E-state index contributed by atoms with van der Waals surface area (Å²) >= 11 is 0. The van der Waals surface area contributed by atoms with E-state index in [0.29, 0.717) is 5.92 Å². The van der Waals surface area contributed by atoms with Gasteiger partial charge in [0, 0.05) is 18.4 Å². The van der Waals surface area contributed by atoms with Crippen molar-refractivity contribution in [2.45, 2.75) is 24.8 Å². The van der Waals surface area contributed by atoms with Gasteiger partial charge in [0.25, 0.3) is 0 Å². The minimum Gasteiger partial charge on any atom is -0.469 e. The molecule has 3 rings (SSSR count). The molecule has 2 atom stereocenters. The molecule has 2 heteroatoms. The molecule has 0 radical (unpaired) electrons. The Kier molecular flexibility index (Phi) is 2.29. The molecule has 1 aliphatic carbocycles. The van der Waals surface area contributed by atoms with Gasteiger partial charge in [-0.25, -0.2) is 0 Å². The zero-order chi connectivity index (χ0) is 11.0. The fraction of sp³-hybridized carbons (Fsp3) is 0.286. The highest BCUT2D eigenvalue weighted by molar-refractivity contribution is 5.41. The lowest BCUT2D eigenvalue weighted by Gasteiger charge is -2.34. The van der Waals surface area contributed by atoms with Crippen molar-refractivity contribution in [2.75, 3.05) is 0 Å². The summed E-state index contributed by atoms with van der Waals surface area (Å²) in [5.41, 5.74) is 9.09. The fourth-order valence-corrected chi connectivity index (χ4v) is 2.48. The summed E-state index contributed by atoms with van der Waals surface area (Å²) < 4.78 is 5.33. The van der Waals surface area contributed by atoms with Gasteiger partial charge in [-0.2, -0.15) is 0 Å². The fourth-order valence-electron chi connectivity index (χ4n) is 2.48. The van der Waals surface area contributed by atoms with E-state index in [-0.39, 0.29) is 6.04 Å². The maximum Gasteiger partial charge on any atom is 0.105 e. The highest BCUT2D eigenvalue weighted by atomic mass is 16.3. The van der Waals surface area contributed by atoms with Crippen molar-refractivity contribution >= 4 is 0 Å². The quantitative estimate of drug-likeness (QED) is 0.850. The van der Waals surface area contributed by atoms with Crippen molar-refractivity contribution < 1.29 is 4.42 Å². The molecule has 2 aromatic rings. The largest absolute Gasteiger partial charge is 0.469 e. The first-order chi connectivity index (χ1) is 7.84. The number of rotatable bonds is 3. The second-order valence-electron chi connectivity index (χ2n) is 4.46. The van der Waals surface area contributed by atoms with Crippen molar-refractivity contribution in [1.29, 1.82) is 0 Å². The third-order valence-corrected chi connectivity index (χ3v) is 3.43. The lowest BCUT2D eigenvalue weighted by atomic mass is 9.73. The second kappa shape index (κ2) is 3.80. The first kappa shape index (κ1) is 9.67. The Hall–Kier alpha value is -1.54. The van der Waals surface area contributed by atoms with E-state index in [9.17, 15) is 0 Å². The van der Waals surface area contributed by atoms with E-state index in [1.807, 2.05) is 12.1 Å². The van der Waals surface area contributed by atoms with Crippen LogP contribution < -0.4 is 5.73 Å². The molecule has 0 fully saturated rings. The summed E-state index contributed by atoms with van der Waals surface area (Å²) in [6.45, 7) is 0. The number of fused-ring (bicyclic) bond motifs is 1. The molecular weight excluding hydrogens is 198 g/mol. The van der Waals surface area contributed by atoms with Crippen molar-refractivity contribution in [3.8, 4) is 0 Å². The monoisotopic (exact) mass is 213 g/mol. The third kappa shape index (κ3) is 1.55. The Labute approximate surface area is 95.1 Å². The van der Waals surface area contributed by atoms with Crippen LogP contribution in [0.25, 0.3) is 0 Å². The van der Waals surface area contributed by atoms with Gasteiger partial charge in [0.15, 0.2) is 0 Å². The van der Waals surface area contributed by atoms with Gasteiger partial charge < -0.3 is 10.2 Å². The standard InChI is InChI=1S/C14H15NO/c15-14(9-11-5-3-7-16-11)13-8-10-4-1-2-6-12(10)13/h1-7,13-14H,8-9,15H2. The molecule has 82 valence electrons. The molecule has 0 saturated carbocycles. The summed E-state index contributed by atoms with van der Waals surface area (Å²) in [5.74, 6) is 1.48. The molecule has 1 aliphatic rings. The van der Waals surface area contributed by atoms with Crippen LogP contribution in [0.15, 0.2) is 47.1 Å². The normalized spacial score (nSPS) is 19.9. The first-order valence-electron chi connectivity index (χ1n) is 5.70. The van der Waals surface area contributed by atoms with Crippen LogP contribution >= 0.6 is 0 Å². The molecule has 1 aromatic carbocycles. The third-order valence-electron chi connectivity index (χ3n) is 3.43. The summed E-state index contributed by atoms with van der Waals surface area (Å²) in [6, 6.07) is 12.6. The van der Waals surface area contributed by atoms with Gasteiger partial charge in [-0.15, -0.1) is 0 Å². The maximum atomic E-state index is 6.23. The topological polar surface area (TPSA) is 39.2 Å². The number of furan rings is 1. The minimum atomic E-state index is 0.168. The summed E-state index contributed by atoms with van der Waals surface area (Å²) in [4.78, 5) is 0. The summed E-state index contributed by atoms with van der Waals surface area (Å²) in [7, 11) is 0. The molecule has 16 heavy (non-hydrogen) atoms. The van der Waals surface area contributed by atoms with E-state index >= 15 is 0 Å². The molecule has 0 aliphatic heterocycles. The van der Waals surface area contributed by atoms with Gasteiger partial charge in [-0.1, -0.05) is 24.3 Å². The summed E-state index contributed by atoms with van der Waals surface area (Å²) in [5, 5.41) is 0. The molecule has 2 nitrogen and oxygen atoms in total. The Bertz CT molecular complexity index is 475. The van der Waals surface area contributed by atoms with Gasteiger partial charge in [0.05, 0.1) is 6.26 Å². The number of nitrogens with two attached hydrogens (primary N) is 1. The van der Waals surface area contributed by atoms with Crippen molar-refractivity contribution in [3.05, 3.63) is 59.5 Å². The zero-order valence-electron chi connectivity index (χ0n) is 9.10. The van der Waals surface area contributed by atoms with Crippen LogP contribution in [0.1, 0.15) is 22.8 Å². The molecular formula is C14H15NO. The van der Waals surface area contributed by atoms with Crippen LogP contribution in [0.2, 0.25) is 0 Å². The predicted octanol–water partition coefficient (Wildman–Crippen LogP) is 2.49. The molecule has 0 amide bonds. The van der Waals surface area contributed by atoms with E-state index in [4.69, 9.17) is 10.2 Å². The average Bonchev–Trinajstić information content (AvgIpc) is 2.72. The molecule has 1 heterocycles. The van der Waals surface area contributed by atoms with Crippen LogP contribution in [-0.2, 0) is 12.8 Å². The van der Waals surface area contributed by atoms with Crippen molar-refractivity contribution in [3.63, 3.8) is 0 Å². The van der Waals surface area contributed by atoms with E-state index < -0.39 is 0 Å². The molecule has 0 spiro atoms. The molecule has 1 aromatic heterocycles. The Morgan fingerprint density at radius 3 is 2.88 bits per heavy atom. The van der Waals surface area contributed by atoms with E-state index in [1.165, 1.54) is 11.1 Å². The maximum absolute atomic E-state index is 6.23. The Morgan fingerprint density at radius 1 is 1.25 bits per heavy atom. The molecule has 2 N–H and O–H groups in total. The molecule has 0 bridgehead atoms. The first-order valence-corrected chi connectivity index (χ1v) is 5.70. The highest BCUT2D eigenvalue weighted by Gasteiger charge is 2.30. The van der Waals surface area contributed by atoms with E-state index in [2.05, 4.69) is 24.3 Å². The number of benzene rings is 1. The van der Waals surface area contributed by atoms with E-state index in [0.717, 1.165) is 18.6 Å². The van der Waals surface area contributed by atoms with Crippen molar-refractivity contribution in [2.24, 2.45) is 5.73 Å². The average molecular weight is 213 g/mol. The van der Waals surface area contributed by atoms with Crippen LogP contribution in [0.4, 0.5) is 0 Å². The number of hydrogen-bond donors (Lipinski definition) is 1. The van der Waals surface area contributed by atoms with Crippen LogP contribution in [0.5, 0.6) is 0 Å². The lowest BCUT2D eigenvalue weighted by molar-refractivity contribution is 0.429. The van der Waals surface area contributed by atoms with Gasteiger partial charge in [-0.05, 0) is 29.7 Å². The predicted molar refractivity (Wildman–Crippen MR) is 63.3 cm³/mol. The summed E-state index contributed by atoms with van der Waals surface area (Å²) in [6.07, 6.45) is 3.64. The minimum absolute atomic E-state index is 0.168. The van der Waals surface area contributed by atoms with Gasteiger partial charge in [0.2, 0.25) is 0 Å². The highest BCUT2D eigenvalue weighted by Crippen LogP contribution is 2.37. The zero-order valence-corrected chi connectivity index (χ0v) is 9.10. The molecule has 0 saturated heterocycles. The smallest absolute Gasteiger partial charge is 0.105 e. The van der Waals surface area contributed by atoms with Crippen molar-refractivity contribution in [1.82, 2.24) is 0 Å². The van der Waals surface area contributed by atoms with Crippen LogP contribution in [-0.4, -0.2) is 6.04 Å². The number of hydrogen-bond acceptors (Lipinski definition) is 2. The van der Waals surface area contributed by atoms with Gasteiger partial charge >= 0.3 is 0 Å². The Balaban J connectivity index is 1.72. The van der Waals surface area contributed by atoms with E-state index in [1.54, 1.807) is 6.26 Å². The molecule has 2 unspecified atom stereocenters. The Morgan fingerprint density at radius 2 is 2.12 bits per heavy atom. The van der Waals surface area contributed by atoms with Gasteiger partial charge in [-0.3, -0.25) is 0 Å². The van der Waals surface area contributed by atoms with Crippen LogP contribution in [0, 0.1) is 0 Å².